The highest BCUT2D eigenvalue weighted by Crippen LogP contribution is 2.45. The molecule has 49 heavy (non-hydrogen) atoms. The third kappa shape index (κ3) is 7.71. The Labute approximate surface area is 279 Å². The van der Waals surface area contributed by atoms with Gasteiger partial charge >= 0.3 is 18.1 Å². The van der Waals surface area contributed by atoms with E-state index in [4.69, 9.17) is 19.3 Å². The van der Waals surface area contributed by atoms with Gasteiger partial charge in [-0.05, 0) is 47.8 Å². The lowest BCUT2D eigenvalue weighted by Gasteiger charge is -2.32. The van der Waals surface area contributed by atoms with Crippen LogP contribution in [-0.4, -0.2) is 96.4 Å². The fourth-order valence-electron chi connectivity index (χ4n) is 6.80. The summed E-state index contributed by atoms with van der Waals surface area (Å²) in [5.41, 5.74) is 2.60. The first-order chi connectivity index (χ1) is 23.4. The van der Waals surface area contributed by atoms with Gasteiger partial charge in [0.2, 0.25) is 11.8 Å². The summed E-state index contributed by atoms with van der Waals surface area (Å²) >= 11 is 0. The van der Waals surface area contributed by atoms with Crippen LogP contribution in [0.3, 0.4) is 0 Å². The number of carbonyl (C=O) groups excluding carboxylic acids is 4. The van der Waals surface area contributed by atoms with Crippen LogP contribution in [0.4, 0.5) is 13.2 Å². The summed E-state index contributed by atoms with van der Waals surface area (Å²) in [6.07, 6.45) is -1.69. The van der Waals surface area contributed by atoms with Gasteiger partial charge in [0.25, 0.3) is 0 Å². The smallest absolute Gasteiger partial charge is 0.422 e. The Bertz CT molecular complexity index is 1650. The fraction of sp³-hybridized carbons (Fsp3) is 0.429. The van der Waals surface area contributed by atoms with Crippen molar-refractivity contribution in [2.75, 3.05) is 26.3 Å². The molecule has 4 unspecified atom stereocenters. The van der Waals surface area contributed by atoms with Gasteiger partial charge in [0.15, 0.2) is 12.4 Å². The summed E-state index contributed by atoms with van der Waals surface area (Å²) in [4.78, 5) is 53.8. The Morgan fingerprint density at radius 1 is 1.04 bits per heavy atom. The van der Waals surface area contributed by atoms with Crippen molar-refractivity contribution in [3.63, 3.8) is 0 Å². The molecule has 0 bridgehead atoms. The monoisotopic (exact) mass is 684 g/mol. The van der Waals surface area contributed by atoms with Gasteiger partial charge in [-0.3, -0.25) is 9.59 Å². The van der Waals surface area contributed by atoms with Crippen molar-refractivity contribution in [1.82, 2.24) is 10.2 Å². The predicted octanol–water partition coefficient (Wildman–Crippen LogP) is 3.04. The zero-order valence-corrected chi connectivity index (χ0v) is 26.3. The second kappa shape index (κ2) is 14.1. The first-order valence-corrected chi connectivity index (χ1v) is 16.0. The van der Waals surface area contributed by atoms with Gasteiger partial charge in [-0.15, -0.1) is 0 Å². The van der Waals surface area contributed by atoms with Crippen molar-refractivity contribution in [3.05, 3.63) is 88.5 Å². The number of amides is 2. The molecule has 2 aromatic rings. The number of carbonyl (C=O) groups is 4. The molecule has 2 N–H and O–H groups in total. The molecule has 2 fully saturated rings. The van der Waals surface area contributed by atoms with Gasteiger partial charge < -0.3 is 34.3 Å². The number of fused-ring (bicyclic) bond motifs is 2. The molecule has 11 nitrogen and oxygen atoms in total. The lowest BCUT2D eigenvalue weighted by Crippen LogP contribution is -2.49. The van der Waals surface area contributed by atoms with Crippen molar-refractivity contribution < 1.29 is 56.4 Å². The lowest BCUT2D eigenvalue weighted by atomic mass is 9.91. The zero-order valence-electron chi connectivity index (χ0n) is 26.3. The van der Waals surface area contributed by atoms with Crippen molar-refractivity contribution in [2.45, 2.75) is 68.4 Å². The summed E-state index contributed by atoms with van der Waals surface area (Å²) in [7, 11) is 0. The highest BCUT2D eigenvalue weighted by atomic mass is 19.4. The molecule has 260 valence electrons. The SMILES string of the molecule is O=C(C=Cc1ccccc1C(=O)OC1CC(C(=O)N2CCCC2C(=O)NCCO)=CC2OC3(Cc4ccccc4C3)OC21)OCC(F)(F)F. The minimum Gasteiger partial charge on any atom is -0.456 e. The highest BCUT2D eigenvalue weighted by molar-refractivity contribution is 5.98. The van der Waals surface area contributed by atoms with Gasteiger partial charge in [0.1, 0.15) is 24.4 Å². The molecular weight excluding hydrogens is 649 g/mol. The first-order valence-electron chi connectivity index (χ1n) is 16.0. The Morgan fingerprint density at radius 2 is 1.76 bits per heavy atom. The van der Waals surface area contributed by atoms with E-state index in [2.05, 4.69) is 10.1 Å². The molecule has 2 heterocycles. The average molecular weight is 685 g/mol. The fourth-order valence-corrected chi connectivity index (χ4v) is 6.80. The predicted molar refractivity (Wildman–Crippen MR) is 166 cm³/mol. The van der Waals surface area contributed by atoms with Crippen LogP contribution >= 0.6 is 0 Å². The third-order valence-electron chi connectivity index (χ3n) is 8.93. The standard InChI is InChI=1S/C35H35F3N2O9/c36-35(37,38)20-46-29(42)12-11-21-6-3-4-9-25(21)33(45)47-27-16-24(32(44)40-14-5-10-26(40)31(43)39-13-15-41)17-28-30(27)49-34(48-28)18-22-7-1-2-8-23(22)19-34/h1-4,6-9,11-12,17,26-28,30,41H,5,10,13-16,18-20H2,(H,39,43). The number of hydrogen-bond acceptors (Lipinski definition) is 9. The number of nitrogens with one attached hydrogen (secondary N) is 1. The van der Waals surface area contributed by atoms with E-state index >= 15 is 0 Å². The van der Waals surface area contributed by atoms with Crippen molar-refractivity contribution in [3.8, 4) is 0 Å². The molecule has 2 aliphatic heterocycles. The van der Waals surface area contributed by atoms with Crippen LogP contribution in [0.1, 0.15) is 46.3 Å². The number of ether oxygens (including phenoxy) is 4. The molecule has 1 spiro atoms. The number of aliphatic hydroxyl groups excluding tert-OH is 1. The Hall–Kier alpha value is -4.53. The van der Waals surface area contributed by atoms with E-state index in [9.17, 15) is 32.3 Å². The second-order valence-corrected chi connectivity index (χ2v) is 12.4. The Kier molecular flexibility index (Phi) is 9.91. The maximum Gasteiger partial charge on any atom is 0.422 e. The van der Waals surface area contributed by atoms with Crippen LogP contribution in [0, 0.1) is 0 Å². The summed E-state index contributed by atoms with van der Waals surface area (Å²) in [5, 5.41) is 11.8. The molecule has 2 aromatic carbocycles. The van der Waals surface area contributed by atoms with Gasteiger partial charge in [0.05, 0.1) is 12.2 Å². The van der Waals surface area contributed by atoms with E-state index in [0.717, 1.165) is 23.3 Å². The van der Waals surface area contributed by atoms with E-state index in [0.29, 0.717) is 32.2 Å². The molecule has 0 aromatic heterocycles. The molecule has 0 saturated carbocycles. The van der Waals surface area contributed by atoms with Gasteiger partial charge in [-0.25, -0.2) is 9.59 Å². The summed E-state index contributed by atoms with van der Waals surface area (Å²) in [6.45, 7) is -1.59. The van der Waals surface area contributed by atoms with E-state index in [1.807, 2.05) is 24.3 Å². The minimum atomic E-state index is -4.69. The van der Waals surface area contributed by atoms with Gasteiger partial charge in [-0.2, -0.15) is 13.2 Å². The molecule has 6 rings (SSSR count). The number of aliphatic hydroxyl groups is 1. The van der Waals surface area contributed by atoms with Crippen LogP contribution in [0.25, 0.3) is 6.08 Å². The number of esters is 2. The first kappa shape index (κ1) is 34.3. The minimum absolute atomic E-state index is 0.0170. The molecule has 2 aliphatic carbocycles. The maximum absolute atomic E-state index is 14.0. The molecule has 2 amide bonds. The zero-order chi connectivity index (χ0) is 34.8. The number of likely N-dealkylation sites (tertiary alicyclic amines) is 1. The van der Waals surface area contributed by atoms with Crippen LogP contribution < -0.4 is 5.32 Å². The number of nitrogens with zero attached hydrogens (tertiary/aromatic N) is 1. The van der Waals surface area contributed by atoms with E-state index in [1.165, 1.54) is 17.0 Å². The molecule has 4 atom stereocenters. The molecule has 2 saturated heterocycles. The van der Waals surface area contributed by atoms with Crippen molar-refractivity contribution in [2.24, 2.45) is 0 Å². The summed E-state index contributed by atoms with van der Waals surface area (Å²) < 4.78 is 60.7. The Balaban J connectivity index is 1.24. The number of benzene rings is 2. The summed E-state index contributed by atoms with van der Waals surface area (Å²) in [6, 6.07) is 13.1. The highest BCUT2D eigenvalue weighted by Gasteiger charge is 2.55. The van der Waals surface area contributed by atoms with E-state index in [1.54, 1.807) is 18.2 Å². The average Bonchev–Trinajstić information content (AvgIpc) is 3.80. The number of hydrogen-bond donors (Lipinski definition) is 2. The number of halogens is 3. The Morgan fingerprint density at radius 3 is 2.47 bits per heavy atom. The second-order valence-electron chi connectivity index (χ2n) is 12.4. The molecular formula is C35H35F3N2O9. The largest absolute Gasteiger partial charge is 0.456 e. The van der Waals surface area contributed by atoms with Crippen LogP contribution in [0.2, 0.25) is 0 Å². The summed E-state index contributed by atoms with van der Waals surface area (Å²) in [5.74, 6) is -3.87. The topological polar surface area (TPSA) is 141 Å². The molecule has 4 aliphatic rings. The van der Waals surface area contributed by atoms with E-state index in [-0.39, 0.29) is 42.2 Å². The normalized spacial score (nSPS) is 24.0. The maximum atomic E-state index is 14.0. The van der Waals surface area contributed by atoms with Gasteiger partial charge in [-0.1, -0.05) is 42.5 Å². The van der Waals surface area contributed by atoms with Crippen LogP contribution in [-0.2, 0) is 46.2 Å². The lowest BCUT2D eigenvalue weighted by molar-refractivity contribution is -0.182. The van der Waals surface area contributed by atoms with E-state index < -0.39 is 60.8 Å². The van der Waals surface area contributed by atoms with Gasteiger partial charge in [0, 0.05) is 44.0 Å². The third-order valence-corrected chi connectivity index (χ3v) is 8.93. The quantitative estimate of drug-likeness (QED) is 0.301. The number of alkyl halides is 3. The molecule has 0 radical (unpaired) electrons. The van der Waals surface area contributed by atoms with Crippen LogP contribution in [0.5, 0.6) is 0 Å². The van der Waals surface area contributed by atoms with Crippen molar-refractivity contribution in [1.29, 1.82) is 0 Å². The molecule has 14 heteroatoms. The number of rotatable bonds is 9. The van der Waals surface area contributed by atoms with Crippen LogP contribution in [0.15, 0.2) is 66.3 Å². The van der Waals surface area contributed by atoms with Crippen molar-refractivity contribution >= 4 is 29.8 Å².